The molecule has 1 amide bonds. The van der Waals surface area contributed by atoms with Crippen LogP contribution in [0.4, 0.5) is 0 Å². The average Bonchev–Trinajstić information content (AvgIpc) is 2.12. The molecular formula is C7H16NO5P. The maximum absolute atomic E-state index is 11.8. The van der Waals surface area contributed by atoms with Gasteiger partial charge in [-0.2, -0.15) is 0 Å². The molecule has 0 aromatic heterocycles. The minimum atomic E-state index is -3.48. The molecule has 0 aliphatic carbocycles. The molecule has 6 nitrogen and oxygen atoms in total. The number of rotatable bonds is 5. The van der Waals surface area contributed by atoms with Crippen LogP contribution in [0.25, 0.3) is 0 Å². The van der Waals surface area contributed by atoms with Crippen molar-refractivity contribution in [1.29, 1.82) is 0 Å². The molecule has 0 saturated carbocycles. The second kappa shape index (κ2) is 5.46. The zero-order chi connectivity index (χ0) is 11.4. The van der Waals surface area contributed by atoms with Crippen LogP contribution in [-0.2, 0) is 18.4 Å². The lowest BCUT2D eigenvalue weighted by Crippen LogP contribution is -2.41. The monoisotopic (exact) mass is 225 g/mol. The average molecular weight is 225 g/mol. The van der Waals surface area contributed by atoms with E-state index in [4.69, 9.17) is 0 Å². The topological polar surface area (TPSA) is 84.9 Å². The van der Waals surface area contributed by atoms with Gasteiger partial charge in [-0.1, -0.05) is 0 Å². The molecule has 2 atom stereocenters. The first-order chi connectivity index (χ1) is 6.37. The highest BCUT2D eigenvalue weighted by Crippen LogP contribution is 2.51. The van der Waals surface area contributed by atoms with Gasteiger partial charge in [0, 0.05) is 21.1 Å². The summed E-state index contributed by atoms with van der Waals surface area (Å²) in [6, 6.07) is 0. The molecule has 0 heterocycles. The molecule has 14 heavy (non-hydrogen) atoms. The predicted molar refractivity (Wildman–Crippen MR) is 50.9 cm³/mol. The van der Waals surface area contributed by atoms with Crippen molar-refractivity contribution in [3.8, 4) is 0 Å². The molecule has 2 unspecified atom stereocenters. The Labute approximate surface area is 83.1 Å². The Morgan fingerprint density at radius 2 is 1.86 bits per heavy atom. The summed E-state index contributed by atoms with van der Waals surface area (Å²) in [7, 11) is -1.09. The number of carbonyl (C=O) groups excluding carboxylic acids is 1. The predicted octanol–water partition coefficient (Wildman–Crippen LogP) is 0.315. The third-order valence-electron chi connectivity index (χ3n) is 1.66. The van der Waals surface area contributed by atoms with Crippen LogP contribution in [0.3, 0.4) is 0 Å². The van der Waals surface area contributed by atoms with E-state index in [0.29, 0.717) is 0 Å². The van der Waals surface area contributed by atoms with Crippen LogP contribution in [0.2, 0.25) is 0 Å². The Hall–Kier alpha value is -0.420. The van der Waals surface area contributed by atoms with Gasteiger partial charge in [-0.15, -0.1) is 0 Å². The standard InChI is InChI=1S/C7H16NO5P/c1-5(9)7(8-6(2)10)14(11,12-3)13-4/h5,7,9H,1-4H3,(H,8,10). The second-order valence-electron chi connectivity index (χ2n) is 2.79. The number of hydrogen-bond acceptors (Lipinski definition) is 5. The van der Waals surface area contributed by atoms with Crippen LogP contribution in [-0.4, -0.2) is 37.1 Å². The van der Waals surface area contributed by atoms with Gasteiger partial charge in [0.25, 0.3) is 0 Å². The molecule has 0 spiro atoms. The highest BCUT2D eigenvalue weighted by Gasteiger charge is 2.38. The first-order valence-electron chi connectivity index (χ1n) is 4.03. The van der Waals surface area contributed by atoms with Crippen LogP contribution in [0.1, 0.15) is 13.8 Å². The zero-order valence-electron chi connectivity index (χ0n) is 8.68. The van der Waals surface area contributed by atoms with Crippen LogP contribution >= 0.6 is 7.60 Å². The van der Waals surface area contributed by atoms with Gasteiger partial charge in [0.2, 0.25) is 5.91 Å². The molecule has 0 aliphatic rings. The summed E-state index contributed by atoms with van der Waals surface area (Å²) in [6.07, 6.45) is -1.02. The number of nitrogens with one attached hydrogen (secondary N) is 1. The van der Waals surface area contributed by atoms with Crippen molar-refractivity contribution in [3.63, 3.8) is 0 Å². The Kier molecular flexibility index (Phi) is 5.29. The molecule has 0 radical (unpaired) electrons. The summed E-state index contributed by atoms with van der Waals surface area (Å²) in [6.45, 7) is 2.65. The normalized spacial score (nSPS) is 16.1. The van der Waals surface area contributed by atoms with E-state index < -0.39 is 25.4 Å². The molecule has 0 aliphatic heterocycles. The minimum Gasteiger partial charge on any atom is -0.391 e. The van der Waals surface area contributed by atoms with Crippen molar-refractivity contribution >= 4 is 13.5 Å². The molecule has 84 valence electrons. The van der Waals surface area contributed by atoms with Crippen LogP contribution in [0.5, 0.6) is 0 Å². The van der Waals surface area contributed by atoms with E-state index in [1.54, 1.807) is 0 Å². The van der Waals surface area contributed by atoms with Gasteiger partial charge in [-0.3, -0.25) is 9.36 Å². The van der Waals surface area contributed by atoms with Crippen molar-refractivity contribution in [3.05, 3.63) is 0 Å². The summed E-state index contributed by atoms with van der Waals surface area (Å²) in [4.78, 5) is 10.8. The van der Waals surface area contributed by atoms with E-state index >= 15 is 0 Å². The fourth-order valence-corrected chi connectivity index (χ4v) is 2.45. The third kappa shape index (κ3) is 3.38. The van der Waals surface area contributed by atoms with E-state index in [2.05, 4.69) is 14.4 Å². The molecule has 0 aromatic rings. The van der Waals surface area contributed by atoms with Crippen molar-refractivity contribution in [1.82, 2.24) is 5.32 Å². The number of amides is 1. The van der Waals surface area contributed by atoms with E-state index in [9.17, 15) is 14.5 Å². The molecule has 0 aromatic carbocycles. The SMILES string of the molecule is COP(=O)(OC)C(NC(C)=O)C(C)O. The smallest absolute Gasteiger partial charge is 0.354 e. The molecule has 2 N–H and O–H groups in total. The van der Waals surface area contributed by atoms with Gasteiger partial charge >= 0.3 is 7.60 Å². The van der Waals surface area contributed by atoms with Crippen LogP contribution in [0, 0.1) is 0 Å². The molecule has 0 fully saturated rings. The highest BCUT2D eigenvalue weighted by molar-refractivity contribution is 7.54. The maximum atomic E-state index is 11.8. The fourth-order valence-electron chi connectivity index (χ4n) is 0.974. The summed E-state index contributed by atoms with van der Waals surface area (Å²) < 4.78 is 21.1. The molecular weight excluding hydrogens is 209 g/mol. The second-order valence-corrected chi connectivity index (χ2v) is 5.16. The van der Waals surface area contributed by atoms with Gasteiger partial charge in [-0.05, 0) is 6.92 Å². The van der Waals surface area contributed by atoms with Crippen molar-refractivity contribution in [2.24, 2.45) is 0 Å². The van der Waals surface area contributed by atoms with E-state index in [1.807, 2.05) is 0 Å². The highest BCUT2D eigenvalue weighted by atomic mass is 31.2. The lowest BCUT2D eigenvalue weighted by molar-refractivity contribution is -0.119. The van der Waals surface area contributed by atoms with E-state index in [-0.39, 0.29) is 0 Å². The maximum Gasteiger partial charge on any atom is 0.354 e. The van der Waals surface area contributed by atoms with Crippen LogP contribution in [0.15, 0.2) is 0 Å². The minimum absolute atomic E-state index is 0.412. The lowest BCUT2D eigenvalue weighted by Gasteiger charge is -2.26. The number of aliphatic hydroxyl groups is 1. The zero-order valence-corrected chi connectivity index (χ0v) is 9.58. The van der Waals surface area contributed by atoms with Gasteiger partial charge in [0.1, 0.15) is 0 Å². The van der Waals surface area contributed by atoms with E-state index in [1.165, 1.54) is 28.1 Å². The summed E-state index contributed by atoms with van der Waals surface area (Å²) >= 11 is 0. The van der Waals surface area contributed by atoms with Gasteiger partial charge in [0.15, 0.2) is 5.78 Å². The Bertz CT molecular complexity index is 234. The number of aliphatic hydroxyl groups excluding tert-OH is 1. The van der Waals surface area contributed by atoms with Gasteiger partial charge in [-0.25, -0.2) is 0 Å². The molecule has 0 rings (SSSR count). The first kappa shape index (κ1) is 13.6. The molecule has 0 saturated heterocycles. The van der Waals surface area contributed by atoms with Gasteiger partial charge < -0.3 is 19.5 Å². The fraction of sp³-hybridized carbons (Fsp3) is 0.857. The lowest BCUT2D eigenvalue weighted by atomic mass is 10.4. The largest absolute Gasteiger partial charge is 0.391 e. The van der Waals surface area contributed by atoms with Crippen molar-refractivity contribution in [2.45, 2.75) is 25.7 Å². The Balaban J connectivity index is 4.79. The van der Waals surface area contributed by atoms with Gasteiger partial charge in [0.05, 0.1) is 6.10 Å². The molecule has 0 bridgehead atoms. The van der Waals surface area contributed by atoms with Crippen LogP contribution < -0.4 is 5.32 Å². The summed E-state index contributed by atoms with van der Waals surface area (Å²) in [5, 5.41) is 11.6. The summed E-state index contributed by atoms with van der Waals surface area (Å²) in [5.41, 5.74) is 0. The Morgan fingerprint density at radius 1 is 1.43 bits per heavy atom. The number of carbonyl (C=O) groups is 1. The van der Waals surface area contributed by atoms with Crippen molar-refractivity contribution in [2.75, 3.05) is 14.2 Å². The van der Waals surface area contributed by atoms with E-state index in [0.717, 1.165) is 0 Å². The summed E-state index contributed by atoms with van der Waals surface area (Å²) in [5.74, 6) is -1.46. The first-order valence-corrected chi connectivity index (χ1v) is 5.65. The van der Waals surface area contributed by atoms with Crippen molar-refractivity contribution < 1.29 is 23.5 Å². The number of hydrogen-bond donors (Lipinski definition) is 2. The third-order valence-corrected chi connectivity index (χ3v) is 3.92. The Morgan fingerprint density at radius 3 is 2.07 bits per heavy atom. The quantitative estimate of drug-likeness (QED) is 0.658. The molecule has 7 heteroatoms.